The molecule has 180 valence electrons. The Labute approximate surface area is 202 Å². The zero-order valence-electron chi connectivity index (χ0n) is 17.9. The quantitative estimate of drug-likeness (QED) is 0.253. The molecule has 2 aliphatic rings. The third-order valence-corrected chi connectivity index (χ3v) is 5.38. The summed E-state index contributed by atoms with van der Waals surface area (Å²) in [4.78, 5) is 24.6. The van der Waals surface area contributed by atoms with Gasteiger partial charge in [-0.1, -0.05) is 0 Å². The van der Waals surface area contributed by atoms with Gasteiger partial charge in [0.15, 0.2) is 5.96 Å². The number of guanidine groups is 1. The number of morpholine rings is 1. The lowest BCUT2D eigenvalue weighted by atomic mass is 9.95. The number of carbonyl (C=O) groups is 1. The Morgan fingerprint density at radius 1 is 1.22 bits per heavy atom. The minimum absolute atomic E-state index is 0. The molecule has 1 amide bonds. The highest BCUT2D eigenvalue weighted by atomic mass is 127. The number of ether oxygens (including phenoxy) is 2. The van der Waals surface area contributed by atoms with E-state index >= 15 is 0 Å². The van der Waals surface area contributed by atoms with Gasteiger partial charge >= 0.3 is 6.18 Å². The highest BCUT2D eigenvalue weighted by Gasteiger charge is 2.31. The number of rotatable bonds is 5. The van der Waals surface area contributed by atoms with E-state index in [1.165, 1.54) is 6.07 Å². The molecule has 0 aromatic carbocycles. The van der Waals surface area contributed by atoms with E-state index in [4.69, 9.17) is 9.47 Å². The molecule has 0 unspecified atom stereocenters. The predicted molar refractivity (Wildman–Crippen MR) is 123 cm³/mol. The van der Waals surface area contributed by atoms with Crippen LogP contribution in [0.15, 0.2) is 23.3 Å². The zero-order valence-corrected chi connectivity index (χ0v) is 20.3. The van der Waals surface area contributed by atoms with Crippen LogP contribution in [0.5, 0.6) is 5.88 Å². The molecule has 1 aromatic rings. The van der Waals surface area contributed by atoms with Gasteiger partial charge in [-0.2, -0.15) is 13.2 Å². The van der Waals surface area contributed by atoms with Crippen LogP contribution in [-0.2, 0) is 15.7 Å². The first-order chi connectivity index (χ1) is 14.9. The smallest absolute Gasteiger partial charge is 0.417 e. The van der Waals surface area contributed by atoms with Crippen molar-refractivity contribution in [3.63, 3.8) is 0 Å². The number of halogens is 4. The molecule has 3 heterocycles. The lowest BCUT2D eigenvalue weighted by molar-refractivity contribution is -0.141. The van der Waals surface area contributed by atoms with Crippen molar-refractivity contribution in [3.8, 4) is 5.88 Å². The lowest BCUT2D eigenvalue weighted by Crippen LogP contribution is -2.50. The van der Waals surface area contributed by atoms with E-state index in [1.54, 1.807) is 7.05 Å². The fraction of sp³-hybridized carbons (Fsp3) is 0.650. The summed E-state index contributed by atoms with van der Waals surface area (Å²) in [5, 5.41) is 3.18. The van der Waals surface area contributed by atoms with Gasteiger partial charge in [0.2, 0.25) is 11.8 Å². The maximum Gasteiger partial charge on any atom is 0.417 e. The van der Waals surface area contributed by atoms with Gasteiger partial charge in [0.1, 0.15) is 6.61 Å². The van der Waals surface area contributed by atoms with Crippen LogP contribution in [0.2, 0.25) is 0 Å². The van der Waals surface area contributed by atoms with Crippen LogP contribution in [0.1, 0.15) is 18.4 Å². The SMILES string of the molecule is CN=C(NCCOc1ccc(C(F)(F)F)cn1)N1CCC(C(=O)N2CCOCC2)CC1.I. The van der Waals surface area contributed by atoms with Gasteiger partial charge in [0.25, 0.3) is 0 Å². The summed E-state index contributed by atoms with van der Waals surface area (Å²) in [5.41, 5.74) is -0.811. The summed E-state index contributed by atoms with van der Waals surface area (Å²) < 4.78 is 48.4. The van der Waals surface area contributed by atoms with Gasteiger partial charge < -0.3 is 24.6 Å². The first-order valence-corrected chi connectivity index (χ1v) is 10.4. The molecule has 0 spiro atoms. The summed E-state index contributed by atoms with van der Waals surface area (Å²) in [7, 11) is 1.69. The summed E-state index contributed by atoms with van der Waals surface area (Å²) in [6.07, 6.45) is -2.13. The second-order valence-corrected chi connectivity index (χ2v) is 7.40. The molecule has 0 radical (unpaired) electrons. The van der Waals surface area contributed by atoms with E-state index in [0.29, 0.717) is 38.8 Å². The summed E-state index contributed by atoms with van der Waals surface area (Å²) >= 11 is 0. The topological polar surface area (TPSA) is 79.3 Å². The fourth-order valence-electron chi connectivity index (χ4n) is 3.66. The predicted octanol–water partition coefficient (Wildman–Crippen LogP) is 2.24. The average molecular weight is 571 g/mol. The molecule has 2 saturated heterocycles. The van der Waals surface area contributed by atoms with Crippen LogP contribution >= 0.6 is 24.0 Å². The standard InChI is InChI=1S/C20H28F3N5O3.HI/c1-24-19(25-6-11-31-17-3-2-16(14-26-17)20(21,22)23)28-7-4-15(5-8-28)18(29)27-9-12-30-13-10-27;/h2-3,14-15H,4-13H2,1H3,(H,24,25);1H. The summed E-state index contributed by atoms with van der Waals surface area (Å²) in [5.74, 6) is 1.08. The highest BCUT2D eigenvalue weighted by Crippen LogP contribution is 2.29. The Hall–Kier alpha value is -1.83. The van der Waals surface area contributed by atoms with Crippen LogP contribution in [-0.4, -0.2) is 86.2 Å². The summed E-state index contributed by atoms with van der Waals surface area (Å²) in [6.45, 7) is 4.62. The molecule has 1 N–H and O–H groups in total. The average Bonchev–Trinajstić information content (AvgIpc) is 2.79. The van der Waals surface area contributed by atoms with Crippen LogP contribution in [0.4, 0.5) is 13.2 Å². The number of pyridine rings is 1. The van der Waals surface area contributed by atoms with E-state index in [1.807, 2.05) is 4.90 Å². The van der Waals surface area contributed by atoms with Crippen molar-refractivity contribution in [1.29, 1.82) is 0 Å². The molecular formula is C20H29F3IN5O3. The molecule has 2 fully saturated rings. The molecule has 0 saturated carbocycles. The number of amides is 1. The molecule has 32 heavy (non-hydrogen) atoms. The maximum atomic E-state index is 12.6. The van der Waals surface area contributed by atoms with Crippen LogP contribution < -0.4 is 10.1 Å². The number of aromatic nitrogens is 1. The number of carbonyl (C=O) groups excluding carboxylic acids is 1. The molecule has 8 nitrogen and oxygen atoms in total. The number of aliphatic imine (C=N–C) groups is 1. The van der Waals surface area contributed by atoms with Crippen LogP contribution in [0, 0.1) is 5.92 Å². The second-order valence-electron chi connectivity index (χ2n) is 7.40. The zero-order chi connectivity index (χ0) is 22.3. The monoisotopic (exact) mass is 571 g/mol. The van der Waals surface area contributed by atoms with E-state index in [-0.39, 0.29) is 48.3 Å². The molecule has 3 rings (SSSR count). The van der Waals surface area contributed by atoms with E-state index < -0.39 is 11.7 Å². The first kappa shape index (κ1) is 26.4. The first-order valence-electron chi connectivity index (χ1n) is 10.4. The highest BCUT2D eigenvalue weighted by molar-refractivity contribution is 14.0. The largest absolute Gasteiger partial charge is 0.476 e. The third kappa shape index (κ3) is 7.36. The molecule has 1 aromatic heterocycles. The Balaban J connectivity index is 0.00000363. The third-order valence-electron chi connectivity index (χ3n) is 5.38. The Morgan fingerprint density at radius 2 is 1.91 bits per heavy atom. The van der Waals surface area contributed by atoms with Gasteiger partial charge in [-0.15, -0.1) is 24.0 Å². The van der Waals surface area contributed by atoms with Crippen molar-refractivity contribution in [1.82, 2.24) is 20.1 Å². The Morgan fingerprint density at radius 3 is 2.47 bits per heavy atom. The molecular weight excluding hydrogens is 542 g/mol. The van der Waals surface area contributed by atoms with Gasteiger partial charge in [0, 0.05) is 51.4 Å². The van der Waals surface area contributed by atoms with Crippen molar-refractivity contribution < 1.29 is 27.4 Å². The number of alkyl halides is 3. The van der Waals surface area contributed by atoms with Gasteiger partial charge in [-0.25, -0.2) is 4.98 Å². The van der Waals surface area contributed by atoms with E-state index in [2.05, 4.69) is 20.2 Å². The van der Waals surface area contributed by atoms with E-state index in [9.17, 15) is 18.0 Å². The Kier molecular flexibility index (Phi) is 10.3. The lowest BCUT2D eigenvalue weighted by Gasteiger charge is -2.36. The minimum Gasteiger partial charge on any atom is -0.476 e. The number of piperidine rings is 1. The second kappa shape index (κ2) is 12.4. The van der Waals surface area contributed by atoms with Crippen molar-refractivity contribution in [3.05, 3.63) is 23.9 Å². The number of nitrogens with zero attached hydrogens (tertiary/aromatic N) is 4. The minimum atomic E-state index is -4.42. The molecule has 0 aliphatic carbocycles. The fourth-order valence-corrected chi connectivity index (χ4v) is 3.66. The van der Waals surface area contributed by atoms with Gasteiger partial charge in [-0.3, -0.25) is 9.79 Å². The van der Waals surface area contributed by atoms with Crippen molar-refractivity contribution in [2.45, 2.75) is 19.0 Å². The van der Waals surface area contributed by atoms with Crippen molar-refractivity contribution in [2.24, 2.45) is 10.9 Å². The number of hydrogen-bond donors (Lipinski definition) is 1. The number of likely N-dealkylation sites (tertiary alicyclic amines) is 1. The maximum absolute atomic E-state index is 12.6. The molecule has 0 bridgehead atoms. The number of nitrogens with one attached hydrogen (secondary N) is 1. The van der Waals surface area contributed by atoms with Gasteiger partial charge in [0.05, 0.1) is 25.3 Å². The van der Waals surface area contributed by atoms with Crippen LogP contribution in [0.3, 0.4) is 0 Å². The normalized spacial score (nSPS) is 18.2. The van der Waals surface area contributed by atoms with Crippen molar-refractivity contribution in [2.75, 3.05) is 59.6 Å². The molecule has 12 heteroatoms. The number of hydrogen-bond acceptors (Lipinski definition) is 5. The van der Waals surface area contributed by atoms with Gasteiger partial charge in [-0.05, 0) is 18.9 Å². The van der Waals surface area contributed by atoms with Crippen LogP contribution in [0.25, 0.3) is 0 Å². The Bertz CT molecular complexity index is 750. The van der Waals surface area contributed by atoms with E-state index in [0.717, 1.165) is 38.2 Å². The molecule has 0 atom stereocenters. The molecule has 2 aliphatic heterocycles. The summed E-state index contributed by atoms with van der Waals surface area (Å²) in [6, 6.07) is 2.14. The van der Waals surface area contributed by atoms with Crippen molar-refractivity contribution >= 4 is 35.8 Å².